The van der Waals surface area contributed by atoms with Gasteiger partial charge in [0.2, 0.25) is 0 Å². The average molecular weight is 231 g/mol. The second kappa shape index (κ2) is 7.09. The van der Waals surface area contributed by atoms with E-state index in [1.807, 2.05) is 18.2 Å². The number of ether oxygens (including phenoxy) is 1. The Balaban J connectivity index is 2.54. The average Bonchev–Trinajstić information content (AvgIpc) is 2.30. The van der Waals surface area contributed by atoms with E-state index in [9.17, 15) is 0 Å². The van der Waals surface area contributed by atoms with Gasteiger partial charge in [0.1, 0.15) is 0 Å². The molecule has 0 bridgehead atoms. The molecule has 2 nitrogen and oxygen atoms in total. The van der Waals surface area contributed by atoms with Gasteiger partial charge in [-0.2, -0.15) is 5.26 Å². The predicted molar refractivity (Wildman–Crippen MR) is 69.3 cm³/mol. The van der Waals surface area contributed by atoms with E-state index in [2.05, 4.69) is 39.0 Å². The van der Waals surface area contributed by atoms with Crippen LogP contribution in [0.2, 0.25) is 0 Å². The van der Waals surface area contributed by atoms with Gasteiger partial charge < -0.3 is 4.74 Å². The number of benzene rings is 1. The molecule has 0 N–H and O–H groups in total. The summed E-state index contributed by atoms with van der Waals surface area (Å²) in [6.45, 7) is 6.99. The van der Waals surface area contributed by atoms with Crippen LogP contribution < -0.4 is 0 Å². The van der Waals surface area contributed by atoms with E-state index in [0.717, 1.165) is 0 Å². The summed E-state index contributed by atoms with van der Waals surface area (Å²) in [6.07, 6.45) is 0.701. The molecule has 0 aromatic heterocycles. The number of nitriles is 1. The van der Waals surface area contributed by atoms with Gasteiger partial charge in [-0.25, -0.2) is 0 Å². The summed E-state index contributed by atoms with van der Waals surface area (Å²) in [6, 6.07) is 12.4. The molecule has 0 amide bonds. The van der Waals surface area contributed by atoms with Crippen molar-refractivity contribution in [2.45, 2.75) is 39.9 Å². The summed E-state index contributed by atoms with van der Waals surface area (Å²) >= 11 is 0. The van der Waals surface area contributed by atoms with Gasteiger partial charge in [-0.3, -0.25) is 0 Å². The minimum absolute atomic E-state index is 0.148. The molecule has 2 atom stereocenters. The Morgan fingerprint density at radius 1 is 1.18 bits per heavy atom. The van der Waals surface area contributed by atoms with Gasteiger partial charge in [-0.1, -0.05) is 51.1 Å². The maximum absolute atomic E-state index is 8.75. The molecule has 0 saturated carbocycles. The van der Waals surface area contributed by atoms with Crippen LogP contribution in [0.3, 0.4) is 0 Å². The van der Waals surface area contributed by atoms with Gasteiger partial charge in [0, 0.05) is 6.42 Å². The highest BCUT2D eigenvalue weighted by molar-refractivity contribution is 5.13. The maximum atomic E-state index is 8.75. The molecule has 0 aliphatic heterocycles. The Morgan fingerprint density at radius 2 is 1.82 bits per heavy atom. The third-order valence-corrected chi connectivity index (χ3v) is 2.92. The zero-order chi connectivity index (χ0) is 12.7. The highest BCUT2D eigenvalue weighted by Crippen LogP contribution is 2.20. The van der Waals surface area contributed by atoms with Crippen molar-refractivity contribution >= 4 is 0 Å². The molecule has 0 unspecified atom stereocenters. The van der Waals surface area contributed by atoms with Crippen molar-refractivity contribution in [2.24, 2.45) is 11.8 Å². The first-order valence-electron chi connectivity index (χ1n) is 6.17. The number of hydrogen-bond donors (Lipinski definition) is 0. The van der Waals surface area contributed by atoms with Gasteiger partial charge in [-0.15, -0.1) is 0 Å². The quantitative estimate of drug-likeness (QED) is 0.746. The molecule has 2 heteroatoms. The van der Waals surface area contributed by atoms with Gasteiger partial charge in [0.05, 0.1) is 18.8 Å². The highest BCUT2D eigenvalue weighted by atomic mass is 16.5. The first-order chi connectivity index (χ1) is 8.15. The molecule has 92 valence electrons. The second-order valence-electron chi connectivity index (χ2n) is 4.84. The lowest BCUT2D eigenvalue weighted by atomic mass is 9.92. The van der Waals surface area contributed by atoms with Gasteiger partial charge in [0.25, 0.3) is 0 Å². The molecular formula is C15H21NO. The van der Waals surface area contributed by atoms with Crippen LogP contribution in [0.25, 0.3) is 0 Å². The largest absolute Gasteiger partial charge is 0.373 e. The predicted octanol–water partition coefficient (Wildman–Crippen LogP) is 3.78. The van der Waals surface area contributed by atoms with Gasteiger partial charge in [0.15, 0.2) is 0 Å². The topological polar surface area (TPSA) is 33.0 Å². The van der Waals surface area contributed by atoms with E-state index < -0.39 is 0 Å². The number of hydrogen-bond acceptors (Lipinski definition) is 2. The van der Waals surface area contributed by atoms with Gasteiger partial charge >= 0.3 is 0 Å². The van der Waals surface area contributed by atoms with Crippen LogP contribution in [0.4, 0.5) is 0 Å². The van der Waals surface area contributed by atoms with E-state index >= 15 is 0 Å². The number of rotatable bonds is 6. The van der Waals surface area contributed by atoms with Crippen LogP contribution in [0, 0.1) is 23.2 Å². The smallest absolute Gasteiger partial charge is 0.0720 e. The fraction of sp³-hybridized carbons (Fsp3) is 0.533. The van der Waals surface area contributed by atoms with Crippen molar-refractivity contribution in [3.63, 3.8) is 0 Å². The van der Waals surface area contributed by atoms with Crippen LogP contribution in [0.15, 0.2) is 30.3 Å². The Bertz CT molecular complexity index is 353. The lowest BCUT2D eigenvalue weighted by molar-refractivity contribution is -0.0223. The molecule has 17 heavy (non-hydrogen) atoms. The molecule has 1 aromatic carbocycles. The summed E-state index contributed by atoms with van der Waals surface area (Å²) < 4.78 is 5.95. The van der Waals surface area contributed by atoms with E-state index in [-0.39, 0.29) is 12.0 Å². The SMILES string of the molecule is CC(C)[C@H](OCc1ccccc1)[C@@H](C)CC#N. The summed E-state index contributed by atoms with van der Waals surface area (Å²) in [5, 5.41) is 8.75. The summed E-state index contributed by atoms with van der Waals surface area (Å²) in [7, 11) is 0. The normalized spacial score (nSPS) is 14.3. The van der Waals surface area contributed by atoms with Crippen molar-refractivity contribution in [1.29, 1.82) is 5.26 Å². The van der Waals surface area contributed by atoms with Crippen molar-refractivity contribution in [2.75, 3.05) is 0 Å². The summed E-state index contributed by atoms with van der Waals surface area (Å²) in [4.78, 5) is 0. The fourth-order valence-corrected chi connectivity index (χ4v) is 2.04. The fourth-order valence-electron chi connectivity index (χ4n) is 2.04. The zero-order valence-electron chi connectivity index (χ0n) is 10.9. The number of nitrogens with zero attached hydrogens (tertiary/aromatic N) is 1. The monoisotopic (exact) mass is 231 g/mol. The molecule has 0 saturated heterocycles. The highest BCUT2D eigenvalue weighted by Gasteiger charge is 2.21. The molecular weight excluding hydrogens is 210 g/mol. The Morgan fingerprint density at radius 3 is 2.35 bits per heavy atom. The maximum Gasteiger partial charge on any atom is 0.0720 e. The summed E-state index contributed by atoms with van der Waals surface area (Å²) in [5.41, 5.74) is 1.18. The molecule has 0 heterocycles. The minimum Gasteiger partial charge on any atom is -0.373 e. The van der Waals surface area contributed by atoms with Crippen LogP contribution in [0.1, 0.15) is 32.8 Å². The van der Waals surface area contributed by atoms with E-state index in [1.165, 1.54) is 5.56 Å². The van der Waals surface area contributed by atoms with E-state index in [0.29, 0.717) is 18.9 Å². The van der Waals surface area contributed by atoms with E-state index in [1.54, 1.807) is 0 Å². The Labute approximate surface area is 104 Å². The van der Waals surface area contributed by atoms with Crippen molar-refractivity contribution in [1.82, 2.24) is 0 Å². The van der Waals surface area contributed by atoms with Crippen LogP contribution in [-0.4, -0.2) is 6.10 Å². The Hall–Kier alpha value is -1.33. The molecule has 0 spiro atoms. The van der Waals surface area contributed by atoms with E-state index in [4.69, 9.17) is 10.00 Å². The third-order valence-electron chi connectivity index (χ3n) is 2.92. The first kappa shape index (κ1) is 13.7. The molecule has 0 aliphatic carbocycles. The van der Waals surface area contributed by atoms with Crippen LogP contribution >= 0.6 is 0 Å². The lowest BCUT2D eigenvalue weighted by Crippen LogP contribution is -2.27. The van der Waals surface area contributed by atoms with Crippen molar-refractivity contribution < 1.29 is 4.74 Å². The Kier molecular flexibility index (Phi) is 5.72. The van der Waals surface area contributed by atoms with Crippen molar-refractivity contribution in [3.05, 3.63) is 35.9 Å². The lowest BCUT2D eigenvalue weighted by Gasteiger charge is -2.26. The minimum atomic E-state index is 0.148. The molecule has 1 aromatic rings. The second-order valence-corrected chi connectivity index (χ2v) is 4.84. The van der Waals surface area contributed by atoms with Crippen LogP contribution in [-0.2, 0) is 11.3 Å². The third kappa shape index (κ3) is 4.58. The van der Waals surface area contributed by atoms with Crippen molar-refractivity contribution in [3.8, 4) is 6.07 Å². The standard InChI is InChI=1S/C15H21NO/c1-12(2)15(13(3)9-10-16)17-11-14-7-5-4-6-8-14/h4-8,12-13,15H,9,11H2,1-3H3/t13-,15-/m0/s1. The molecule has 0 aliphatic rings. The van der Waals surface area contributed by atoms with Gasteiger partial charge in [-0.05, 0) is 17.4 Å². The van der Waals surface area contributed by atoms with Crippen LogP contribution in [0.5, 0.6) is 0 Å². The summed E-state index contributed by atoms with van der Waals surface area (Å²) in [5.74, 6) is 0.714. The molecule has 0 radical (unpaired) electrons. The molecule has 1 rings (SSSR count). The first-order valence-corrected chi connectivity index (χ1v) is 6.17. The zero-order valence-corrected chi connectivity index (χ0v) is 10.9. The molecule has 0 fully saturated rings.